The zero-order valence-corrected chi connectivity index (χ0v) is 33.3. The summed E-state index contributed by atoms with van der Waals surface area (Å²) < 4.78 is 72.6. The lowest BCUT2D eigenvalue weighted by Gasteiger charge is -2.15. The van der Waals surface area contributed by atoms with Gasteiger partial charge in [0, 0.05) is 60.3 Å². The van der Waals surface area contributed by atoms with Gasteiger partial charge < -0.3 is 13.6 Å². The summed E-state index contributed by atoms with van der Waals surface area (Å²) in [6, 6.07) is 53.2. The van der Waals surface area contributed by atoms with Crippen LogP contribution < -0.4 is 0 Å². The SMILES string of the molecule is [2H]c1cc([2H])c2c(c1[2H])c1c([2H])c([2H])c([2H])c([2H])c1n2-c1ccccc1-c1nc(-c2ccc(-n3c4ccccc4c4ccccc43)cc2)nc(-c2cccc(-c3cccc4c3oc3ccccc34)c2)n1. The van der Waals surface area contributed by atoms with Crippen LogP contribution in [-0.4, -0.2) is 24.1 Å². The lowest BCUT2D eigenvalue weighted by Crippen LogP contribution is -2.04. The maximum absolute atomic E-state index is 9.21. The van der Waals surface area contributed by atoms with Crippen molar-refractivity contribution in [1.82, 2.24) is 24.1 Å². The van der Waals surface area contributed by atoms with Crippen LogP contribution in [0.15, 0.2) is 217 Å². The first kappa shape index (κ1) is 28.8. The van der Waals surface area contributed by atoms with E-state index in [2.05, 4.69) is 65.2 Å². The largest absolute Gasteiger partial charge is 0.455 e. The van der Waals surface area contributed by atoms with Gasteiger partial charge in [0.15, 0.2) is 17.5 Å². The molecule has 0 spiro atoms. The quantitative estimate of drug-likeness (QED) is 0.168. The van der Waals surface area contributed by atoms with E-state index in [4.69, 9.17) is 26.2 Å². The molecule has 0 aliphatic heterocycles. The molecular formula is C57H35N5O. The molecule has 6 heteroatoms. The van der Waals surface area contributed by atoms with E-state index in [1.54, 1.807) is 16.7 Å². The number of para-hydroxylation sites is 7. The molecule has 0 atom stereocenters. The van der Waals surface area contributed by atoms with Crippen LogP contribution in [0, 0.1) is 0 Å². The van der Waals surface area contributed by atoms with Crippen LogP contribution >= 0.6 is 0 Å². The Balaban J connectivity index is 1.04. The average Bonchev–Trinajstić information content (AvgIpc) is 4.08. The van der Waals surface area contributed by atoms with Crippen LogP contribution in [0.1, 0.15) is 9.60 Å². The van der Waals surface area contributed by atoms with E-state index in [0.29, 0.717) is 28.5 Å². The molecule has 6 nitrogen and oxygen atoms in total. The van der Waals surface area contributed by atoms with Gasteiger partial charge in [0.05, 0.1) is 37.3 Å². The minimum atomic E-state index is -0.471. The molecule has 0 saturated heterocycles. The summed E-state index contributed by atoms with van der Waals surface area (Å²) in [7, 11) is 0. The third-order valence-electron chi connectivity index (χ3n) is 11.9. The highest BCUT2D eigenvalue weighted by Gasteiger charge is 2.20. The molecule has 9 aromatic carbocycles. The number of furan rings is 1. The third kappa shape index (κ3) is 5.55. The van der Waals surface area contributed by atoms with Crippen LogP contribution in [0.5, 0.6) is 0 Å². The van der Waals surface area contributed by atoms with Crippen LogP contribution in [0.25, 0.3) is 122 Å². The van der Waals surface area contributed by atoms with E-state index in [-0.39, 0.29) is 57.8 Å². The van der Waals surface area contributed by atoms with Gasteiger partial charge in [-0.25, -0.2) is 15.0 Å². The number of hydrogen-bond donors (Lipinski definition) is 0. The number of benzene rings is 9. The van der Waals surface area contributed by atoms with Gasteiger partial charge in [-0.15, -0.1) is 0 Å². The van der Waals surface area contributed by atoms with E-state index in [0.717, 1.165) is 66.1 Å². The fourth-order valence-electron chi connectivity index (χ4n) is 9.08. The van der Waals surface area contributed by atoms with Crippen molar-refractivity contribution in [3.8, 4) is 56.7 Å². The van der Waals surface area contributed by atoms with Gasteiger partial charge in [-0.2, -0.15) is 0 Å². The third-order valence-corrected chi connectivity index (χ3v) is 11.9. The molecule has 0 N–H and O–H groups in total. The van der Waals surface area contributed by atoms with Crippen LogP contribution in [0.2, 0.25) is 0 Å². The van der Waals surface area contributed by atoms with Gasteiger partial charge in [-0.05, 0) is 78.3 Å². The molecule has 4 aromatic heterocycles. The fourth-order valence-corrected chi connectivity index (χ4v) is 9.08. The van der Waals surface area contributed by atoms with Crippen molar-refractivity contribution in [3.05, 3.63) is 212 Å². The number of hydrogen-bond acceptors (Lipinski definition) is 4. The first-order chi connectivity index (χ1) is 34.1. The van der Waals surface area contributed by atoms with Crippen molar-refractivity contribution < 1.29 is 14.0 Å². The Bertz CT molecular complexity index is 4300. The van der Waals surface area contributed by atoms with E-state index in [1.807, 2.05) is 91.0 Å². The predicted molar refractivity (Wildman–Crippen MR) is 258 cm³/mol. The molecule has 0 saturated carbocycles. The Labute approximate surface area is 371 Å². The topological polar surface area (TPSA) is 61.7 Å². The van der Waals surface area contributed by atoms with E-state index in [9.17, 15) is 2.74 Å². The Morgan fingerprint density at radius 1 is 0.381 bits per heavy atom. The van der Waals surface area contributed by atoms with Gasteiger partial charge in [-0.1, -0.05) is 139 Å². The first-order valence-electron chi connectivity index (χ1n) is 24.1. The highest BCUT2D eigenvalue weighted by Crippen LogP contribution is 2.39. The van der Waals surface area contributed by atoms with Gasteiger partial charge in [0.1, 0.15) is 11.2 Å². The molecule has 63 heavy (non-hydrogen) atoms. The van der Waals surface area contributed by atoms with E-state index < -0.39 is 12.1 Å². The molecule has 294 valence electrons. The Morgan fingerprint density at radius 2 is 0.984 bits per heavy atom. The summed E-state index contributed by atoms with van der Waals surface area (Å²) in [4.78, 5) is 15.5. The molecule has 0 fully saturated rings. The maximum atomic E-state index is 9.21. The van der Waals surface area contributed by atoms with Gasteiger partial charge >= 0.3 is 0 Å². The zero-order chi connectivity index (χ0) is 47.5. The van der Waals surface area contributed by atoms with Crippen molar-refractivity contribution in [3.63, 3.8) is 0 Å². The monoisotopic (exact) mass is 812 g/mol. The highest BCUT2D eigenvalue weighted by molar-refractivity contribution is 6.11. The molecule has 4 heterocycles. The van der Waals surface area contributed by atoms with Crippen molar-refractivity contribution in [2.45, 2.75) is 0 Å². The van der Waals surface area contributed by atoms with Gasteiger partial charge in [0.2, 0.25) is 0 Å². The molecule has 0 amide bonds. The second-order valence-electron chi connectivity index (χ2n) is 15.4. The minimum Gasteiger partial charge on any atom is -0.455 e. The molecule has 0 aliphatic rings. The summed E-state index contributed by atoms with van der Waals surface area (Å²) in [5.74, 6) is 1.01. The summed E-state index contributed by atoms with van der Waals surface area (Å²) in [5.41, 5.74) is 9.03. The fraction of sp³-hybridized carbons (Fsp3) is 0. The molecule has 0 aliphatic carbocycles. The Kier molecular flexibility index (Phi) is 6.39. The summed E-state index contributed by atoms with van der Waals surface area (Å²) in [5, 5.41) is 4.49. The van der Waals surface area contributed by atoms with Crippen LogP contribution in [0.3, 0.4) is 0 Å². The van der Waals surface area contributed by atoms with Crippen molar-refractivity contribution >= 4 is 65.6 Å². The van der Waals surface area contributed by atoms with E-state index in [1.165, 1.54) is 6.07 Å². The Morgan fingerprint density at radius 3 is 1.81 bits per heavy atom. The first-order valence-corrected chi connectivity index (χ1v) is 20.6. The number of aromatic nitrogens is 5. The smallest absolute Gasteiger partial charge is 0.166 e. The van der Waals surface area contributed by atoms with Crippen molar-refractivity contribution in [1.29, 1.82) is 0 Å². The lowest BCUT2D eigenvalue weighted by molar-refractivity contribution is 0.670. The highest BCUT2D eigenvalue weighted by atomic mass is 16.3. The average molecular weight is 813 g/mol. The summed E-state index contributed by atoms with van der Waals surface area (Å²) >= 11 is 0. The molecule has 0 unspecified atom stereocenters. The minimum absolute atomic E-state index is 0.0556. The predicted octanol–water partition coefficient (Wildman–Crippen LogP) is 14.6. The maximum Gasteiger partial charge on any atom is 0.166 e. The van der Waals surface area contributed by atoms with Crippen molar-refractivity contribution in [2.75, 3.05) is 0 Å². The van der Waals surface area contributed by atoms with Crippen LogP contribution in [0.4, 0.5) is 0 Å². The summed E-state index contributed by atoms with van der Waals surface area (Å²) in [6.07, 6.45) is 0. The number of rotatable bonds is 6. The Hall–Kier alpha value is -8.61. The molecule has 13 rings (SSSR count). The van der Waals surface area contributed by atoms with Crippen LogP contribution in [-0.2, 0) is 0 Å². The molecule has 0 bridgehead atoms. The lowest BCUT2D eigenvalue weighted by atomic mass is 10.00. The second kappa shape index (κ2) is 14.0. The van der Waals surface area contributed by atoms with Crippen molar-refractivity contribution in [2.24, 2.45) is 0 Å². The summed E-state index contributed by atoms with van der Waals surface area (Å²) in [6.45, 7) is 0. The standard InChI is InChI=1S/C57H35N5O/c1-7-25-48-41(17-1)42-18-2-8-26-49(42)61(48)39-33-31-36(32-34-39)55-58-56(38-16-13-15-37(35-38)40-23-14-24-46-45-21-6-12-30-53(45)63-54(40)46)60-57(59-55)47-22-5-11-29-52(47)62-50-27-9-3-19-43(50)44-20-4-10-28-51(44)62/h1-35H/i3D,4D,9D,19D,20D,27D,28D. The number of nitrogens with zero attached hydrogens (tertiary/aromatic N) is 5. The zero-order valence-electron chi connectivity index (χ0n) is 40.3. The normalized spacial score (nSPS) is 13.4. The second-order valence-corrected chi connectivity index (χ2v) is 15.4. The number of fused-ring (bicyclic) bond motifs is 9. The van der Waals surface area contributed by atoms with Gasteiger partial charge in [0.25, 0.3) is 0 Å². The molecular weight excluding hydrogens is 771 g/mol. The van der Waals surface area contributed by atoms with E-state index >= 15 is 0 Å². The molecule has 13 aromatic rings. The molecule has 0 radical (unpaired) electrons. The van der Waals surface area contributed by atoms with Gasteiger partial charge in [-0.3, -0.25) is 0 Å².